The van der Waals surface area contributed by atoms with Gasteiger partial charge in [-0.2, -0.15) is 0 Å². The van der Waals surface area contributed by atoms with Gasteiger partial charge in [-0.25, -0.2) is 0 Å². The lowest BCUT2D eigenvalue weighted by atomic mass is 10.1. The Bertz CT molecular complexity index is 281. The van der Waals surface area contributed by atoms with E-state index in [9.17, 15) is 0 Å². The third-order valence-electron chi connectivity index (χ3n) is 2.76. The van der Waals surface area contributed by atoms with Gasteiger partial charge in [-0.05, 0) is 51.7 Å². The quantitative estimate of drug-likeness (QED) is 0.555. The lowest BCUT2D eigenvalue weighted by molar-refractivity contribution is 0.112. The minimum absolute atomic E-state index is 0.112. The summed E-state index contributed by atoms with van der Waals surface area (Å²) in [6.45, 7) is 8.29. The van der Waals surface area contributed by atoms with Gasteiger partial charge in [0.15, 0.2) is 0 Å². The Kier molecular flexibility index (Phi) is 3.83. The van der Waals surface area contributed by atoms with Gasteiger partial charge in [0.05, 0.1) is 5.76 Å². The molecule has 15 heavy (non-hydrogen) atoms. The smallest absolute Gasteiger partial charge is 0.106 e. The Morgan fingerprint density at radius 1 is 1.40 bits per heavy atom. The molecule has 86 valence electrons. The molecular formula is C13H23NO. The fourth-order valence-electron chi connectivity index (χ4n) is 1.59. The molecule has 1 fully saturated rings. The van der Waals surface area contributed by atoms with Gasteiger partial charge in [0.1, 0.15) is 5.60 Å². The van der Waals surface area contributed by atoms with Crippen LogP contribution in [0.15, 0.2) is 23.1 Å². The van der Waals surface area contributed by atoms with Gasteiger partial charge in [-0.15, -0.1) is 0 Å². The second kappa shape index (κ2) is 4.73. The minimum Gasteiger partial charge on any atom is -0.492 e. The van der Waals surface area contributed by atoms with Crippen LogP contribution in [0.25, 0.3) is 0 Å². The number of hydrogen-bond donors (Lipinski definition) is 1. The molecule has 0 spiro atoms. The molecule has 0 radical (unpaired) electrons. The van der Waals surface area contributed by atoms with Crippen molar-refractivity contribution >= 4 is 0 Å². The zero-order valence-corrected chi connectivity index (χ0v) is 10.4. The van der Waals surface area contributed by atoms with Gasteiger partial charge in [-0.3, -0.25) is 0 Å². The van der Waals surface area contributed by atoms with Crippen LogP contribution in [0, 0.1) is 0 Å². The molecule has 0 unspecified atom stereocenters. The summed E-state index contributed by atoms with van der Waals surface area (Å²) >= 11 is 0. The maximum absolute atomic E-state index is 5.85. The van der Waals surface area contributed by atoms with Crippen LogP contribution < -0.4 is 5.73 Å². The molecular weight excluding hydrogens is 186 g/mol. The Morgan fingerprint density at radius 3 is 2.40 bits per heavy atom. The molecule has 0 aromatic heterocycles. The normalized spacial score (nSPS) is 20.9. The fourth-order valence-corrected chi connectivity index (χ4v) is 1.59. The number of rotatable bonds is 5. The first-order valence-corrected chi connectivity index (χ1v) is 5.79. The van der Waals surface area contributed by atoms with Gasteiger partial charge in [-0.1, -0.05) is 13.3 Å². The van der Waals surface area contributed by atoms with Crippen molar-refractivity contribution in [3.8, 4) is 0 Å². The predicted molar refractivity (Wildman–Crippen MR) is 64.3 cm³/mol. The number of hydrogen-bond acceptors (Lipinski definition) is 2. The number of allylic oxidation sites excluding steroid dienone is 4. The summed E-state index contributed by atoms with van der Waals surface area (Å²) in [5.41, 5.74) is 8.05. The largest absolute Gasteiger partial charge is 0.492 e. The minimum atomic E-state index is 0.112. The van der Waals surface area contributed by atoms with E-state index in [2.05, 4.69) is 19.9 Å². The molecule has 0 atom stereocenters. The van der Waals surface area contributed by atoms with Crippen LogP contribution >= 0.6 is 0 Å². The Hall–Kier alpha value is -0.920. The van der Waals surface area contributed by atoms with E-state index in [0.29, 0.717) is 0 Å². The molecule has 0 saturated heterocycles. The van der Waals surface area contributed by atoms with E-state index in [-0.39, 0.29) is 5.60 Å². The van der Waals surface area contributed by atoms with Crippen molar-refractivity contribution in [3.63, 3.8) is 0 Å². The number of ether oxygens (including phenoxy) is 1. The van der Waals surface area contributed by atoms with Crippen LogP contribution in [0.5, 0.6) is 0 Å². The highest BCUT2D eigenvalue weighted by Crippen LogP contribution is 2.40. The first-order chi connectivity index (χ1) is 6.97. The first kappa shape index (κ1) is 12.2. The Labute approximate surface area is 93.2 Å². The van der Waals surface area contributed by atoms with E-state index in [0.717, 1.165) is 24.3 Å². The van der Waals surface area contributed by atoms with Gasteiger partial charge >= 0.3 is 0 Å². The molecule has 0 bridgehead atoms. The topological polar surface area (TPSA) is 35.2 Å². The lowest BCUT2D eigenvalue weighted by Gasteiger charge is -2.14. The lowest BCUT2D eigenvalue weighted by Crippen LogP contribution is -2.07. The van der Waals surface area contributed by atoms with E-state index in [1.165, 1.54) is 18.4 Å². The van der Waals surface area contributed by atoms with Crippen LogP contribution in [0.3, 0.4) is 0 Å². The van der Waals surface area contributed by atoms with Crippen molar-refractivity contribution in [2.24, 2.45) is 5.73 Å². The summed E-state index contributed by atoms with van der Waals surface area (Å²) < 4.78 is 5.85. The highest BCUT2D eigenvalue weighted by atomic mass is 16.5. The summed E-state index contributed by atoms with van der Waals surface area (Å²) in [5.74, 6) is 0.989. The third-order valence-corrected chi connectivity index (χ3v) is 2.76. The molecule has 1 rings (SSSR count). The summed E-state index contributed by atoms with van der Waals surface area (Å²) in [5, 5.41) is 0. The van der Waals surface area contributed by atoms with Crippen molar-refractivity contribution in [1.29, 1.82) is 0 Å². The third kappa shape index (κ3) is 3.98. The molecule has 2 N–H and O–H groups in total. The molecule has 2 nitrogen and oxygen atoms in total. The van der Waals surface area contributed by atoms with E-state index >= 15 is 0 Å². The SMILES string of the molecule is CCCC(/C=C(\C)OC1(C)CC1)=C(/C)N. The highest BCUT2D eigenvalue weighted by molar-refractivity contribution is 5.24. The Morgan fingerprint density at radius 2 is 2.00 bits per heavy atom. The van der Waals surface area contributed by atoms with Crippen LogP contribution in [0.4, 0.5) is 0 Å². The molecule has 0 amide bonds. The van der Waals surface area contributed by atoms with Crippen molar-refractivity contribution < 1.29 is 4.74 Å². The monoisotopic (exact) mass is 209 g/mol. The van der Waals surface area contributed by atoms with E-state index in [1.54, 1.807) is 0 Å². The molecule has 1 aliphatic carbocycles. The maximum atomic E-state index is 5.85. The van der Waals surface area contributed by atoms with Gasteiger partial charge < -0.3 is 10.5 Å². The average molecular weight is 209 g/mol. The van der Waals surface area contributed by atoms with Crippen molar-refractivity contribution in [2.75, 3.05) is 0 Å². The van der Waals surface area contributed by atoms with Crippen molar-refractivity contribution in [2.45, 2.75) is 59.0 Å². The van der Waals surface area contributed by atoms with Gasteiger partial charge in [0.25, 0.3) is 0 Å². The maximum Gasteiger partial charge on any atom is 0.106 e. The zero-order valence-electron chi connectivity index (χ0n) is 10.4. The summed E-state index contributed by atoms with van der Waals surface area (Å²) in [6, 6.07) is 0. The molecule has 2 heteroatoms. The molecule has 0 aliphatic heterocycles. The van der Waals surface area contributed by atoms with Crippen LogP contribution in [0.1, 0.15) is 53.4 Å². The fraction of sp³-hybridized carbons (Fsp3) is 0.692. The van der Waals surface area contributed by atoms with Crippen LogP contribution in [0.2, 0.25) is 0 Å². The van der Waals surface area contributed by atoms with Gasteiger partial charge in [0, 0.05) is 5.70 Å². The first-order valence-electron chi connectivity index (χ1n) is 5.79. The summed E-state index contributed by atoms with van der Waals surface area (Å²) in [6.07, 6.45) is 6.58. The highest BCUT2D eigenvalue weighted by Gasteiger charge is 2.39. The predicted octanol–water partition coefficient (Wildman–Crippen LogP) is 3.49. The molecule has 1 saturated carbocycles. The molecule has 0 aromatic rings. The number of nitrogens with two attached hydrogens (primary N) is 1. The van der Waals surface area contributed by atoms with Crippen molar-refractivity contribution in [1.82, 2.24) is 0 Å². The zero-order chi connectivity index (χ0) is 11.5. The van der Waals surface area contributed by atoms with E-state index in [1.807, 2.05) is 13.8 Å². The molecule has 0 aromatic carbocycles. The average Bonchev–Trinajstić information content (AvgIpc) is 2.82. The van der Waals surface area contributed by atoms with Gasteiger partial charge in [0.2, 0.25) is 0 Å². The van der Waals surface area contributed by atoms with Crippen LogP contribution in [-0.2, 0) is 4.74 Å². The van der Waals surface area contributed by atoms with E-state index in [4.69, 9.17) is 10.5 Å². The van der Waals surface area contributed by atoms with E-state index < -0.39 is 0 Å². The summed E-state index contributed by atoms with van der Waals surface area (Å²) in [4.78, 5) is 0. The molecule has 0 heterocycles. The Balaban J connectivity index is 2.62. The standard InChI is InChI=1S/C13H23NO/c1-5-6-12(11(3)14)9-10(2)15-13(4)7-8-13/h9H,5-8,14H2,1-4H3/b10-9+,12-11+. The molecule has 1 aliphatic rings. The summed E-state index contributed by atoms with van der Waals surface area (Å²) in [7, 11) is 0. The van der Waals surface area contributed by atoms with Crippen LogP contribution in [-0.4, -0.2) is 5.60 Å². The van der Waals surface area contributed by atoms with Crippen molar-refractivity contribution in [3.05, 3.63) is 23.1 Å². The second-order valence-electron chi connectivity index (χ2n) is 4.77. The second-order valence-corrected chi connectivity index (χ2v) is 4.77.